The fourth-order valence-corrected chi connectivity index (χ4v) is 5.28. The van der Waals surface area contributed by atoms with E-state index in [0.29, 0.717) is 18.5 Å². The number of hydrogen-bond donors (Lipinski definition) is 3. The van der Waals surface area contributed by atoms with E-state index >= 15 is 0 Å². The van der Waals surface area contributed by atoms with Gasteiger partial charge in [-0.25, -0.2) is 10.4 Å². The maximum absolute atomic E-state index is 13.5. The summed E-state index contributed by atoms with van der Waals surface area (Å²) in [6, 6.07) is 3.82. The number of hydrogen-bond acceptors (Lipinski definition) is 9. The molecule has 208 valence electrons. The number of nitrogens with zero attached hydrogens (tertiary/aromatic N) is 4. The van der Waals surface area contributed by atoms with E-state index in [0.717, 1.165) is 31.7 Å². The van der Waals surface area contributed by atoms with Crippen LogP contribution >= 0.6 is 0 Å². The van der Waals surface area contributed by atoms with Gasteiger partial charge in [-0.2, -0.15) is 18.4 Å². The third-order valence-electron chi connectivity index (χ3n) is 7.18. The van der Waals surface area contributed by atoms with Crippen molar-refractivity contribution in [2.24, 2.45) is 5.92 Å². The Morgan fingerprint density at radius 2 is 1.97 bits per heavy atom. The second kappa shape index (κ2) is 12.2. The molecule has 1 aromatic heterocycles. The molecule has 2 amide bonds. The number of alkyl halides is 3. The lowest BCUT2D eigenvalue weighted by molar-refractivity contribution is -0.193. The minimum absolute atomic E-state index is 0.0381. The van der Waals surface area contributed by atoms with Crippen molar-refractivity contribution in [2.75, 3.05) is 51.4 Å². The molecule has 0 saturated carbocycles. The minimum atomic E-state index is -4.71. The lowest BCUT2D eigenvalue weighted by Gasteiger charge is -2.37. The summed E-state index contributed by atoms with van der Waals surface area (Å²) in [4.78, 5) is 33.2. The van der Waals surface area contributed by atoms with Crippen molar-refractivity contribution in [2.45, 2.75) is 49.7 Å². The number of methoxy groups -OCH3 is 1. The molecule has 3 saturated heterocycles. The lowest BCUT2D eigenvalue weighted by Crippen LogP contribution is -2.65. The van der Waals surface area contributed by atoms with E-state index in [4.69, 9.17) is 14.7 Å². The number of ether oxygens (including phenoxy) is 2. The van der Waals surface area contributed by atoms with Crippen molar-refractivity contribution in [1.29, 1.82) is 5.26 Å². The van der Waals surface area contributed by atoms with Crippen LogP contribution in [0.25, 0.3) is 0 Å². The molecular weight excluding hydrogens is 507 g/mol. The highest BCUT2D eigenvalue weighted by molar-refractivity contribution is 5.83. The van der Waals surface area contributed by atoms with Gasteiger partial charge in [-0.3, -0.25) is 15.0 Å². The molecule has 0 aliphatic carbocycles. The van der Waals surface area contributed by atoms with E-state index < -0.39 is 36.2 Å². The summed E-state index contributed by atoms with van der Waals surface area (Å²) in [6.45, 7) is 1.89. The number of anilines is 1. The number of nitriles is 1. The molecule has 0 radical (unpaired) electrons. The van der Waals surface area contributed by atoms with Crippen LogP contribution in [-0.4, -0.2) is 98.6 Å². The van der Waals surface area contributed by atoms with Gasteiger partial charge in [0.2, 0.25) is 5.91 Å². The smallest absolute Gasteiger partial charge is 0.383 e. The van der Waals surface area contributed by atoms with Gasteiger partial charge < -0.3 is 24.6 Å². The molecule has 3 N–H and O–H groups in total. The molecule has 3 fully saturated rings. The van der Waals surface area contributed by atoms with Gasteiger partial charge >= 0.3 is 6.18 Å². The van der Waals surface area contributed by atoms with Crippen molar-refractivity contribution in [3.63, 3.8) is 0 Å². The molecule has 38 heavy (non-hydrogen) atoms. The Labute approximate surface area is 218 Å². The standard InChI is InChI=1S/C24H32F3N7O4/c1-37-13-16(31-18-12-30-32-22(35)21(18)24(25,26)27)14-38-19-6-9-34(23(19)36)17-4-7-33(8-5-17)20-3-2-15(10-28)11-29-20/h2-3,11,16-19,21,30-31H,4-9,12-14H2,1H3,(H,32,35)/t16-,18?,19-,21?/m0/s1. The summed E-state index contributed by atoms with van der Waals surface area (Å²) in [5.74, 6) is -2.69. The highest BCUT2D eigenvalue weighted by atomic mass is 19.4. The quantitative estimate of drug-likeness (QED) is 0.406. The first kappa shape index (κ1) is 28.0. The fourth-order valence-electron chi connectivity index (χ4n) is 5.28. The third kappa shape index (κ3) is 6.52. The Morgan fingerprint density at radius 3 is 2.61 bits per heavy atom. The second-order valence-corrected chi connectivity index (χ2v) is 9.69. The van der Waals surface area contributed by atoms with Crippen LogP contribution in [0.5, 0.6) is 0 Å². The summed E-state index contributed by atoms with van der Waals surface area (Å²) < 4.78 is 51.4. The number of pyridine rings is 1. The molecule has 4 atom stereocenters. The molecular formula is C24H32F3N7O4. The van der Waals surface area contributed by atoms with Crippen LogP contribution < -0.4 is 21.1 Å². The van der Waals surface area contributed by atoms with Gasteiger partial charge in [0.25, 0.3) is 5.91 Å². The highest BCUT2D eigenvalue weighted by Crippen LogP contribution is 2.31. The van der Waals surface area contributed by atoms with Crippen LogP contribution in [0.2, 0.25) is 0 Å². The van der Waals surface area contributed by atoms with Gasteiger partial charge in [-0.1, -0.05) is 0 Å². The lowest BCUT2D eigenvalue weighted by atomic mass is 9.96. The normalized spacial score (nSPS) is 25.8. The zero-order valence-corrected chi connectivity index (χ0v) is 21.0. The fraction of sp³-hybridized carbons (Fsp3) is 0.667. The molecule has 1 aromatic rings. The largest absolute Gasteiger partial charge is 0.402 e. The van der Waals surface area contributed by atoms with Crippen LogP contribution in [0.3, 0.4) is 0 Å². The minimum Gasteiger partial charge on any atom is -0.383 e. The van der Waals surface area contributed by atoms with E-state index in [9.17, 15) is 22.8 Å². The maximum atomic E-state index is 13.5. The first-order valence-electron chi connectivity index (χ1n) is 12.6. The van der Waals surface area contributed by atoms with Crippen molar-refractivity contribution < 1.29 is 32.2 Å². The van der Waals surface area contributed by atoms with Crippen LogP contribution in [0.1, 0.15) is 24.8 Å². The second-order valence-electron chi connectivity index (χ2n) is 9.69. The van der Waals surface area contributed by atoms with Crippen LogP contribution in [-0.2, 0) is 19.1 Å². The summed E-state index contributed by atoms with van der Waals surface area (Å²) in [6.07, 6.45) is -1.82. The molecule has 0 spiro atoms. The molecule has 3 aliphatic rings. The van der Waals surface area contributed by atoms with Gasteiger partial charge in [-0.15, -0.1) is 0 Å². The van der Waals surface area contributed by atoms with E-state index in [1.807, 2.05) is 16.4 Å². The molecule has 4 rings (SSSR count). The monoisotopic (exact) mass is 539 g/mol. The van der Waals surface area contributed by atoms with E-state index in [1.54, 1.807) is 12.3 Å². The van der Waals surface area contributed by atoms with Gasteiger partial charge in [0.05, 0.1) is 24.8 Å². The van der Waals surface area contributed by atoms with Gasteiger partial charge in [0.15, 0.2) is 5.92 Å². The van der Waals surface area contributed by atoms with Gasteiger partial charge in [0.1, 0.15) is 18.0 Å². The number of nitrogens with one attached hydrogen (secondary N) is 3. The Morgan fingerprint density at radius 1 is 1.21 bits per heavy atom. The number of amides is 2. The Hall–Kier alpha value is -2.99. The van der Waals surface area contributed by atoms with E-state index in [-0.39, 0.29) is 31.7 Å². The zero-order chi connectivity index (χ0) is 27.3. The van der Waals surface area contributed by atoms with Crippen molar-refractivity contribution in [3.8, 4) is 6.07 Å². The number of halogens is 3. The van der Waals surface area contributed by atoms with Crippen LogP contribution in [0.4, 0.5) is 19.0 Å². The first-order chi connectivity index (χ1) is 18.2. The molecule has 0 aromatic carbocycles. The van der Waals surface area contributed by atoms with Crippen molar-refractivity contribution >= 4 is 17.6 Å². The molecule has 14 heteroatoms. The first-order valence-corrected chi connectivity index (χ1v) is 12.6. The average Bonchev–Trinajstić information content (AvgIpc) is 3.27. The summed E-state index contributed by atoms with van der Waals surface area (Å²) in [7, 11) is 1.42. The number of aromatic nitrogens is 1. The maximum Gasteiger partial charge on any atom is 0.402 e. The molecule has 0 bridgehead atoms. The average molecular weight is 540 g/mol. The van der Waals surface area contributed by atoms with Gasteiger partial charge in [0, 0.05) is 58.0 Å². The molecule has 2 unspecified atom stereocenters. The number of carbonyl (C=O) groups excluding carboxylic acids is 2. The molecule has 11 nitrogen and oxygen atoms in total. The topological polar surface area (TPSA) is 132 Å². The molecule has 3 aliphatic heterocycles. The van der Waals surface area contributed by atoms with E-state index in [2.05, 4.69) is 26.7 Å². The number of rotatable bonds is 9. The zero-order valence-electron chi connectivity index (χ0n) is 21.0. The van der Waals surface area contributed by atoms with E-state index in [1.165, 1.54) is 7.11 Å². The van der Waals surface area contributed by atoms with Crippen molar-refractivity contribution in [1.82, 2.24) is 26.1 Å². The summed E-state index contributed by atoms with van der Waals surface area (Å²) in [5, 5.41) is 11.8. The number of carbonyl (C=O) groups is 2. The van der Waals surface area contributed by atoms with Crippen LogP contribution in [0, 0.1) is 17.2 Å². The number of piperidine rings is 1. The predicted molar refractivity (Wildman–Crippen MR) is 129 cm³/mol. The number of hydrazine groups is 1. The van der Waals surface area contributed by atoms with Crippen molar-refractivity contribution in [3.05, 3.63) is 23.9 Å². The molecule has 4 heterocycles. The summed E-state index contributed by atoms with van der Waals surface area (Å²) in [5.41, 5.74) is 5.01. The van der Waals surface area contributed by atoms with Crippen LogP contribution in [0.15, 0.2) is 18.3 Å². The number of likely N-dealkylation sites (tertiary alicyclic amines) is 1. The third-order valence-corrected chi connectivity index (χ3v) is 7.18. The Bertz CT molecular complexity index is 1010. The SMILES string of the molecule is COC[C@@H](CO[C@H]1CCN(C2CCN(c3ccc(C#N)cn3)CC2)C1=O)NC1CNNC(=O)C1C(F)(F)F. The highest BCUT2D eigenvalue weighted by Gasteiger charge is 2.51. The summed E-state index contributed by atoms with van der Waals surface area (Å²) >= 11 is 0. The van der Waals surface area contributed by atoms with Gasteiger partial charge in [-0.05, 0) is 25.0 Å². The Balaban J connectivity index is 1.28. The predicted octanol–water partition coefficient (Wildman–Crippen LogP) is 0.326. The Kier molecular flexibility index (Phi) is 9.03.